The van der Waals surface area contributed by atoms with E-state index in [2.05, 4.69) is 36.2 Å². The van der Waals surface area contributed by atoms with Crippen molar-refractivity contribution in [2.24, 2.45) is 0 Å². The van der Waals surface area contributed by atoms with Crippen LogP contribution in [-0.2, 0) is 0 Å². The van der Waals surface area contributed by atoms with Crippen molar-refractivity contribution >= 4 is 29.2 Å². The number of urea groups is 1. The van der Waals surface area contributed by atoms with Crippen molar-refractivity contribution in [3.8, 4) is 0 Å². The Balaban J connectivity index is 1.43. The number of benzene rings is 1. The molecule has 0 aliphatic rings. The second kappa shape index (κ2) is 9.31. The van der Waals surface area contributed by atoms with Gasteiger partial charge in [-0.25, -0.2) is 19.7 Å². The van der Waals surface area contributed by atoms with Gasteiger partial charge in [-0.2, -0.15) is 0 Å². The Hall–Kier alpha value is -3.68. The van der Waals surface area contributed by atoms with E-state index in [1.807, 2.05) is 50.2 Å². The highest BCUT2D eigenvalue weighted by Gasteiger charge is 2.03. The molecule has 0 aliphatic heterocycles. The van der Waals surface area contributed by atoms with E-state index in [1.54, 1.807) is 12.3 Å². The van der Waals surface area contributed by atoms with Gasteiger partial charge in [0.1, 0.15) is 23.8 Å². The third-order valence-electron chi connectivity index (χ3n) is 4.07. The Morgan fingerprint density at radius 3 is 2.54 bits per heavy atom. The Morgan fingerprint density at radius 2 is 1.75 bits per heavy atom. The van der Waals surface area contributed by atoms with Crippen molar-refractivity contribution in [2.45, 2.75) is 13.8 Å². The first-order valence-corrected chi connectivity index (χ1v) is 8.96. The Kier molecular flexibility index (Phi) is 6.35. The molecule has 0 unspecified atom stereocenters. The minimum atomic E-state index is -0.245. The van der Waals surface area contributed by atoms with Crippen molar-refractivity contribution < 1.29 is 4.79 Å². The summed E-state index contributed by atoms with van der Waals surface area (Å²) in [5, 5.41) is 11.9. The third kappa shape index (κ3) is 5.66. The number of carbonyl (C=O) groups is 1. The van der Waals surface area contributed by atoms with E-state index in [0.29, 0.717) is 30.5 Å². The molecule has 2 aromatic heterocycles. The molecule has 3 rings (SSSR count). The molecule has 1 aromatic carbocycles. The van der Waals surface area contributed by atoms with Gasteiger partial charge >= 0.3 is 6.03 Å². The van der Waals surface area contributed by atoms with Crippen LogP contribution >= 0.6 is 0 Å². The number of hydrogen-bond donors (Lipinski definition) is 4. The first-order chi connectivity index (χ1) is 13.6. The molecule has 0 saturated heterocycles. The Bertz CT molecular complexity index is 931. The van der Waals surface area contributed by atoms with Crippen LogP contribution in [0, 0.1) is 13.8 Å². The average Bonchev–Trinajstić information content (AvgIpc) is 2.69. The van der Waals surface area contributed by atoms with E-state index in [1.165, 1.54) is 11.9 Å². The van der Waals surface area contributed by atoms with Gasteiger partial charge in [-0.15, -0.1) is 0 Å². The molecule has 0 atom stereocenters. The van der Waals surface area contributed by atoms with Crippen LogP contribution < -0.4 is 21.3 Å². The van der Waals surface area contributed by atoms with E-state index in [9.17, 15) is 4.79 Å². The molecular weight excluding hydrogens is 354 g/mol. The van der Waals surface area contributed by atoms with Crippen LogP contribution in [0.3, 0.4) is 0 Å². The van der Waals surface area contributed by atoms with E-state index in [4.69, 9.17) is 0 Å². The predicted octanol–water partition coefficient (Wildman–Crippen LogP) is 3.47. The monoisotopic (exact) mass is 377 g/mol. The van der Waals surface area contributed by atoms with Crippen LogP contribution in [0.1, 0.15) is 11.1 Å². The second-order valence-corrected chi connectivity index (χ2v) is 6.24. The van der Waals surface area contributed by atoms with Gasteiger partial charge in [0, 0.05) is 31.0 Å². The van der Waals surface area contributed by atoms with Crippen molar-refractivity contribution in [3.63, 3.8) is 0 Å². The maximum Gasteiger partial charge on any atom is 0.319 e. The zero-order valence-corrected chi connectivity index (χ0v) is 15.9. The summed E-state index contributed by atoms with van der Waals surface area (Å²) in [6.45, 7) is 5.03. The zero-order valence-electron chi connectivity index (χ0n) is 15.9. The largest absolute Gasteiger partial charge is 0.368 e. The number of nitrogens with zero attached hydrogens (tertiary/aromatic N) is 3. The van der Waals surface area contributed by atoms with Crippen molar-refractivity contribution in [2.75, 3.05) is 29.0 Å². The molecule has 0 saturated carbocycles. The van der Waals surface area contributed by atoms with Gasteiger partial charge < -0.3 is 21.3 Å². The molecular formula is C20H23N7O. The molecule has 0 aliphatic carbocycles. The van der Waals surface area contributed by atoms with Gasteiger partial charge in [0.2, 0.25) is 0 Å². The number of amides is 2. The predicted molar refractivity (Wildman–Crippen MR) is 111 cm³/mol. The van der Waals surface area contributed by atoms with Crippen molar-refractivity contribution in [1.82, 2.24) is 20.3 Å². The fourth-order valence-electron chi connectivity index (χ4n) is 2.45. The van der Waals surface area contributed by atoms with Crippen molar-refractivity contribution in [1.29, 1.82) is 0 Å². The lowest BCUT2D eigenvalue weighted by molar-refractivity contribution is 0.252. The summed E-state index contributed by atoms with van der Waals surface area (Å²) in [5.74, 6) is 2.00. The van der Waals surface area contributed by atoms with Gasteiger partial charge in [-0.1, -0.05) is 12.1 Å². The number of nitrogens with one attached hydrogen (secondary N) is 4. The molecule has 0 bridgehead atoms. The first-order valence-electron chi connectivity index (χ1n) is 8.96. The molecule has 8 nitrogen and oxygen atoms in total. The highest BCUT2D eigenvalue weighted by molar-refractivity contribution is 5.89. The third-order valence-corrected chi connectivity index (χ3v) is 4.07. The van der Waals surface area contributed by atoms with E-state index < -0.39 is 0 Å². The molecule has 144 valence electrons. The minimum Gasteiger partial charge on any atom is -0.368 e. The number of aryl methyl sites for hydroxylation is 2. The number of anilines is 4. The highest BCUT2D eigenvalue weighted by atomic mass is 16.2. The summed E-state index contributed by atoms with van der Waals surface area (Å²) in [5.41, 5.74) is 3.10. The van der Waals surface area contributed by atoms with Gasteiger partial charge in [-0.05, 0) is 49.2 Å². The highest BCUT2D eigenvalue weighted by Crippen LogP contribution is 2.14. The fourth-order valence-corrected chi connectivity index (χ4v) is 2.45. The zero-order chi connectivity index (χ0) is 19.8. The molecule has 2 heterocycles. The lowest BCUT2D eigenvalue weighted by Gasteiger charge is -2.10. The summed E-state index contributed by atoms with van der Waals surface area (Å²) < 4.78 is 0. The molecule has 3 aromatic rings. The summed E-state index contributed by atoms with van der Waals surface area (Å²) in [4.78, 5) is 24.5. The average molecular weight is 377 g/mol. The number of aromatic nitrogens is 3. The Morgan fingerprint density at radius 1 is 0.893 bits per heavy atom. The molecule has 0 radical (unpaired) electrons. The van der Waals surface area contributed by atoms with Crippen LogP contribution in [0.5, 0.6) is 0 Å². The first kappa shape index (κ1) is 19.1. The minimum absolute atomic E-state index is 0.245. The van der Waals surface area contributed by atoms with Gasteiger partial charge in [0.15, 0.2) is 0 Å². The van der Waals surface area contributed by atoms with Crippen LogP contribution in [0.4, 0.5) is 27.9 Å². The summed E-state index contributed by atoms with van der Waals surface area (Å²) in [6, 6.07) is 13.0. The normalized spacial score (nSPS) is 10.2. The van der Waals surface area contributed by atoms with Crippen LogP contribution in [0.2, 0.25) is 0 Å². The van der Waals surface area contributed by atoms with Crippen molar-refractivity contribution in [3.05, 3.63) is 66.1 Å². The second-order valence-electron chi connectivity index (χ2n) is 6.24. The van der Waals surface area contributed by atoms with E-state index >= 15 is 0 Å². The number of hydrogen-bond acceptors (Lipinski definition) is 6. The molecule has 8 heteroatoms. The lowest BCUT2D eigenvalue weighted by Crippen LogP contribution is -2.32. The fraction of sp³-hybridized carbons (Fsp3) is 0.200. The maximum atomic E-state index is 12.0. The topological polar surface area (TPSA) is 104 Å². The smallest absolute Gasteiger partial charge is 0.319 e. The molecule has 4 N–H and O–H groups in total. The van der Waals surface area contributed by atoms with Gasteiger partial charge in [0.05, 0.1) is 0 Å². The van der Waals surface area contributed by atoms with Gasteiger partial charge in [-0.3, -0.25) is 0 Å². The van der Waals surface area contributed by atoms with Crippen LogP contribution in [-0.4, -0.2) is 34.1 Å². The quantitative estimate of drug-likeness (QED) is 0.470. The summed E-state index contributed by atoms with van der Waals surface area (Å²) in [7, 11) is 0. The summed E-state index contributed by atoms with van der Waals surface area (Å²) >= 11 is 0. The molecule has 0 spiro atoms. The number of rotatable bonds is 7. The van der Waals surface area contributed by atoms with Crippen LogP contribution in [0.25, 0.3) is 0 Å². The SMILES string of the molecule is Cc1ccc(NC(=O)NCCNc2cc(Nc3ccccn3)ncn2)cc1C. The maximum absolute atomic E-state index is 12.0. The molecule has 0 fully saturated rings. The standard InChI is InChI=1S/C20H23N7O/c1-14-6-7-16(11-15(14)2)26-20(28)23-10-9-22-18-12-19(25-13-24-18)27-17-5-3-4-8-21-17/h3-8,11-13H,9-10H2,1-2H3,(H2,23,26,28)(H2,21,22,24,25,27). The number of pyridine rings is 1. The van der Waals surface area contributed by atoms with E-state index in [-0.39, 0.29) is 6.03 Å². The molecule has 2 amide bonds. The molecule has 28 heavy (non-hydrogen) atoms. The summed E-state index contributed by atoms with van der Waals surface area (Å²) in [6.07, 6.45) is 3.17. The van der Waals surface area contributed by atoms with E-state index in [0.717, 1.165) is 11.3 Å². The van der Waals surface area contributed by atoms with Crippen LogP contribution in [0.15, 0.2) is 55.0 Å². The Labute approximate surface area is 163 Å². The van der Waals surface area contributed by atoms with Gasteiger partial charge in [0.25, 0.3) is 0 Å². The number of carbonyl (C=O) groups excluding carboxylic acids is 1. The lowest BCUT2D eigenvalue weighted by atomic mass is 10.1.